The van der Waals surface area contributed by atoms with Gasteiger partial charge >= 0.3 is 0 Å². The highest BCUT2D eigenvalue weighted by Gasteiger charge is 2.21. The Morgan fingerprint density at radius 1 is 1.19 bits per heavy atom. The number of aromatic nitrogens is 2. The lowest BCUT2D eigenvalue weighted by Gasteiger charge is -2.25. The summed E-state index contributed by atoms with van der Waals surface area (Å²) < 4.78 is 0. The molecule has 4 heteroatoms. The molecular formula is C17H22N4. The zero-order valence-electron chi connectivity index (χ0n) is 12.5. The molecule has 21 heavy (non-hydrogen) atoms. The molecule has 1 aromatic heterocycles. The van der Waals surface area contributed by atoms with Crippen molar-refractivity contribution >= 4 is 11.5 Å². The van der Waals surface area contributed by atoms with Gasteiger partial charge in [0, 0.05) is 30.0 Å². The van der Waals surface area contributed by atoms with Crippen LogP contribution in [0.3, 0.4) is 0 Å². The Bertz CT molecular complexity index is 624. The number of rotatable bonds is 5. The van der Waals surface area contributed by atoms with E-state index in [-0.39, 0.29) is 0 Å². The molecule has 0 atom stereocenters. The van der Waals surface area contributed by atoms with Gasteiger partial charge in [-0.3, -0.25) is 0 Å². The summed E-state index contributed by atoms with van der Waals surface area (Å²) in [5.41, 5.74) is 10.7. The summed E-state index contributed by atoms with van der Waals surface area (Å²) in [6, 6.07) is 8.08. The van der Waals surface area contributed by atoms with Crippen molar-refractivity contribution in [2.75, 3.05) is 17.2 Å². The molecule has 1 aliphatic rings. The average Bonchev–Trinajstić information content (AvgIpc) is 2.97. The fourth-order valence-electron chi connectivity index (χ4n) is 3.03. The van der Waals surface area contributed by atoms with Crippen LogP contribution >= 0.6 is 0 Å². The molecule has 0 radical (unpaired) electrons. The van der Waals surface area contributed by atoms with E-state index < -0.39 is 0 Å². The molecule has 2 aromatic rings. The Balaban J connectivity index is 1.92. The van der Waals surface area contributed by atoms with Gasteiger partial charge in [-0.15, -0.1) is 0 Å². The molecule has 4 nitrogen and oxygen atoms in total. The van der Waals surface area contributed by atoms with Crippen LogP contribution < -0.4 is 10.6 Å². The average molecular weight is 282 g/mol. The molecular weight excluding hydrogens is 260 g/mol. The number of nitrogen functional groups attached to an aromatic ring is 1. The Hall–Kier alpha value is -2.10. The van der Waals surface area contributed by atoms with Gasteiger partial charge in [0.05, 0.1) is 0 Å². The van der Waals surface area contributed by atoms with E-state index in [1.54, 1.807) is 6.33 Å². The summed E-state index contributed by atoms with van der Waals surface area (Å²) in [6.45, 7) is 3.99. The maximum atomic E-state index is 6.10. The molecule has 1 heterocycles. The Labute approximate surface area is 126 Å². The van der Waals surface area contributed by atoms with Crippen LogP contribution in [0.25, 0.3) is 0 Å². The Morgan fingerprint density at radius 3 is 2.86 bits per heavy atom. The molecule has 0 bridgehead atoms. The number of benzene rings is 1. The second kappa shape index (κ2) is 6.12. The summed E-state index contributed by atoms with van der Waals surface area (Å²) in [4.78, 5) is 11.3. The number of para-hydroxylation sites is 1. The fourth-order valence-corrected chi connectivity index (χ4v) is 3.03. The third-order valence-electron chi connectivity index (χ3n) is 4.06. The summed E-state index contributed by atoms with van der Waals surface area (Å²) in [7, 11) is 0. The first kappa shape index (κ1) is 13.9. The number of aryl methyl sites for hydroxylation is 1. The topological polar surface area (TPSA) is 55.0 Å². The zero-order chi connectivity index (χ0) is 14.7. The van der Waals surface area contributed by atoms with Crippen LogP contribution in [0.4, 0.5) is 11.5 Å². The first-order valence-corrected chi connectivity index (χ1v) is 7.70. The van der Waals surface area contributed by atoms with Gasteiger partial charge < -0.3 is 10.6 Å². The van der Waals surface area contributed by atoms with E-state index in [9.17, 15) is 0 Å². The molecule has 0 amide bonds. The highest BCUT2D eigenvalue weighted by Crippen LogP contribution is 2.29. The van der Waals surface area contributed by atoms with Crippen molar-refractivity contribution in [3.8, 4) is 0 Å². The SMILES string of the molecule is CCCN(Cc1ccccc1N)c1ncnc2c1CCC2. The lowest BCUT2D eigenvalue weighted by molar-refractivity contribution is 0.747. The maximum absolute atomic E-state index is 6.10. The molecule has 1 aliphatic carbocycles. The molecule has 0 fully saturated rings. The minimum Gasteiger partial charge on any atom is -0.398 e. The number of anilines is 2. The van der Waals surface area contributed by atoms with Crippen molar-refractivity contribution in [3.05, 3.63) is 47.4 Å². The lowest BCUT2D eigenvalue weighted by Crippen LogP contribution is -2.26. The summed E-state index contributed by atoms with van der Waals surface area (Å²) in [5, 5.41) is 0. The van der Waals surface area contributed by atoms with Crippen LogP contribution in [0, 0.1) is 0 Å². The summed E-state index contributed by atoms with van der Waals surface area (Å²) in [6.07, 6.45) is 6.16. The van der Waals surface area contributed by atoms with E-state index in [0.717, 1.165) is 49.4 Å². The number of fused-ring (bicyclic) bond motifs is 1. The summed E-state index contributed by atoms with van der Waals surface area (Å²) >= 11 is 0. The van der Waals surface area contributed by atoms with Gasteiger partial charge in [0.25, 0.3) is 0 Å². The smallest absolute Gasteiger partial charge is 0.135 e. The van der Waals surface area contributed by atoms with Crippen molar-refractivity contribution in [3.63, 3.8) is 0 Å². The van der Waals surface area contributed by atoms with E-state index >= 15 is 0 Å². The molecule has 0 saturated heterocycles. The predicted molar refractivity (Wildman–Crippen MR) is 86.3 cm³/mol. The second-order valence-corrected chi connectivity index (χ2v) is 5.60. The number of hydrogen-bond donors (Lipinski definition) is 1. The van der Waals surface area contributed by atoms with Gasteiger partial charge in [0.2, 0.25) is 0 Å². The highest BCUT2D eigenvalue weighted by molar-refractivity contribution is 5.54. The summed E-state index contributed by atoms with van der Waals surface area (Å²) in [5.74, 6) is 1.10. The molecule has 0 unspecified atom stereocenters. The van der Waals surface area contributed by atoms with Crippen LogP contribution in [-0.4, -0.2) is 16.5 Å². The van der Waals surface area contributed by atoms with E-state index in [0.29, 0.717) is 0 Å². The zero-order valence-corrected chi connectivity index (χ0v) is 12.5. The van der Waals surface area contributed by atoms with Gasteiger partial charge in [0.15, 0.2) is 0 Å². The van der Waals surface area contributed by atoms with Crippen molar-refractivity contribution in [2.24, 2.45) is 0 Å². The largest absolute Gasteiger partial charge is 0.398 e. The van der Waals surface area contributed by atoms with E-state index in [1.165, 1.54) is 17.7 Å². The first-order valence-electron chi connectivity index (χ1n) is 7.70. The van der Waals surface area contributed by atoms with Crippen LogP contribution in [0.2, 0.25) is 0 Å². The second-order valence-electron chi connectivity index (χ2n) is 5.60. The van der Waals surface area contributed by atoms with Gasteiger partial charge in [0.1, 0.15) is 12.1 Å². The third kappa shape index (κ3) is 2.84. The van der Waals surface area contributed by atoms with Crippen LogP contribution in [0.5, 0.6) is 0 Å². The maximum Gasteiger partial charge on any atom is 0.135 e. The highest BCUT2D eigenvalue weighted by atomic mass is 15.2. The first-order chi connectivity index (χ1) is 10.3. The van der Waals surface area contributed by atoms with Crippen LogP contribution in [0.1, 0.15) is 36.6 Å². The van der Waals surface area contributed by atoms with Crippen molar-refractivity contribution in [1.82, 2.24) is 9.97 Å². The van der Waals surface area contributed by atoms with E-state index in [4.69, 9.17) is 5.73 Å². The molecule has 0 saturated carbocycles. The van der Waals surface area contributed by atoms with Gasteiger partial charge in [-0.25, -0.2) is 9.97 Å². The minimum atomic E-state index is 0.809. The quantitative estimate of drug-likeness (QED) is 0.857. The third-order valence-corrected chi connectivity index (χ3v) is 4.06. The normalized spacial score (nSPS) is 13.2. The minimum absolute atomic E-state index is 0.809. The van der Waals surface area contributed by atoms with Crippen molar-refractivity contribution in [2.45, 2.75) is 39.2 Å². The number of nitrogens with zero attached hydrogens (tertiary/aromatic N) is 3. The van der Waals surface area contributed by atoms with E-state index in [2.05, 4.69) is 27.9 Å². The fraction of sp³-hybridized carbons (Fsp3) is 0.412. The Kier molecular flexibility index (Phi) is 4.04. The van der Waals surface area contributed by atoms with Crippen LogP contribution in [0.15, 0.2) is 30.6 Å². The molecule has 0 aliphatic heterocycles. The molecule has 110 valence electrons. The van der Waals surface area contributed by atoms with Gasteiger partial charge in [-0.1, -0.05) is 25.1 Å². The number of hydrogen-bond acceptors (Lipinski definition) is 4. The molecule has 3 rings (SSSR count). The number of nitrogens with two attached hydrogens (primary N) is 1. The van der Waals surface area contributed by atoms with Crippen molar-refractivity contribution < 1.29 is 0 Å². The van der Waals surface area contributed by atoms with E-state index in [1.807, 2.05) is 18.2 Å². The predicted octanol–water partition coefficient (Wildman–Crippen LogP) is 2.96. The Morgan fingerprint density at radius 2 is 2.05 bits per heavy atom. The molecule has 0 spiro atoms. The van der Waals surface area contributed by atoms with Gasteiger partial charge in [-0.2, -0.15) is 0 Å². The lowest BCUT2D eigenvalue weighted by atomic mass is 10.1. The molecule has 2 N–H and O–H groups in total. The monoisotopic (exact) mass is 282 g/mol. The standard InChI is InChI=1S/C17H22N4/c1-2-10-21(11-13-6-3-4-8-15(13)18)17-14-7-5-9-16(14)19-12-20-17/h3-4,6,8,12H,2,5,7,9-11,18H2,1H3. The van der Waals surface area contributed by atoms with Gasteiger partial charge in [-0.05, 0) is 37.3 Å². The van der Waals surface area contributed by atoms with Crippen molar-refractivity contribution in [1.29, 1.82) is 0 Å². The molecule has 1 aromatic carbocycles. The van der Waals surface area contributed by atoms with Crippen LogP contribution in [-0.2, 0) is 19.4 Å².